The highest BCUT2D eigenvalue weighted by Gasteiger charge is 2.26. The van der Waals surface area contributed by atoms with Gasteiger partial charge >= 0.3 is 0 Å². The number of methoxy groups -OCH3 is 1. The monoisotopic (exact) mass is 193 g/mol. The largest absolute Gasteiger partial charge is 0.493 e. The Morgan fingerprint density at radius 1 is 1.50 bits per heavy atom. The molecule has 1 heterocycles. The van der Waals surface area contributed by atoms with Gasteiger partial charge in [-0.1, -0.05) is 19.1 Å². The second-order valence-electron chi connectivity index (χ2n) is 3.69. The number of para-hydroxylation sites is 1. The average molecular weight is 193 g/mol. The van der Waals surface area contributed by atoms with Gasteiger partial charge < -0.3 is 15.2 Å². The summed E-state index contributed by atoms with van der Waals surface area (Å²) in [5, 5.41) is 0. The average Bonchev–Trinajstić information content (AvgIpc) is 2.23. The lowest BCUT2D eigenvalue weighted by atomic mass is 9.93. The van der Waals surface area contributed by atoms with Gasteiger partial charge in [0.1, 0.15) is 0 Å². The highest BCUT2D eigenvalue weighted by molar-refractivity contribution is 5.49. The van der Waals surface area contributed by atoms with Crippen molar-refractivity contribution in [1.29, 1.82) is 0 Å². The van der Waals surface area contributed by atoms with Crippen molar-refractivity contribution in [3.05, 3.63) is 23.8 Å². The maximum atomic E-state index is 6.08. The van der Waals surface area contributed by atoms with Crippen LogP contribution in [0, 0.1) is 5.92 Å². The number of rotatable bonds is 1. The van der Waals surface area contributed by atoms with E-state index in [0.717, 1.165) is 17.1 Å². The van der Waals surface area contributed by atoms with Crippen LogP contribution in [0.2, 0.25) is 0 Å². The minimum absolute atomic E-state index is 0.0499. The van der Waals surface area contributed by atoms with E-state index in [1.807, 2.05) is 18.2 Å². The molecule has 2 N–H and O–H groups in total. The summed E-state index contributed by atoms with van der Waals surface area (Å²) in [5.41, 5.74) is 7.12. The molecule has 2 unspecified atom stereocenters. The van der Waals surface area contributed by atoms with E-state index in [1.165, 1.54) is 0 Å². The fraction of sp³-hybridized carbons (Fsp3) is 0.455. The van der Waals surface area contributed by atoms with Gasteiger partial charge in [0.15, 0.2) is 11.5 Å². The van der Waals surface area contributed by atoms with Crippen molar-refractivity contribution in [3.63, 3.8) is 0 Å². The molecule has 1 aromatic carbocycles. The molecule has 0 aliphatic carbocycles. The van der Waals surface area contributed by atoms with Crippen molar-refractivity contribution >= 4 is 0 Å². The Bertz CT molecular complexity index is 338. The topological polar surface area (TPSA) is 44.5 Å². The zero-order valence-corrected chi connectivity index (χ0v) is 8.49. The molecule has 0 amide bonds. The van der Waals surface area contributed by atoms with Crippen LogP contribution in [0.15, 0.2) is 18.2 Å². The molecule has 0 saturated heterocycles. The Morgan fingerprint density at radius 2 is 2.29 bits per heavy atom. The molecule has 2 rings (SSSR count). The summed E-state index contributed by atoms with van der Waals surface area (Å²) in [7, 11) is 1.64. The number of fused-ring (bicyclic) bond motifs is 1. The summed E-state index contributed by atoms with van der Waals surface area (Å²) in [6.45, 7) is 2.75. The molecule has 0 aromatic heterocycles. The minimum Gasteiger partial charge on any atom is -0.493 e. The zero-order chi connectivity index (χ0) is 10.1. The van der Waals surface area contributed by atoms with Crippen molar-refractivity contribution in [3.8, 4) is 11.5 Å². The number of hydrogen-bond acceptors (Lipinski definition) is 3. The number of benzene rings is 1. The molecule has 0 saturated carbocycles. The fourth-order valence-corrected chi connectivity index (χ4v) is 1.74. The van der Waals surface area contributed by atoms with E-state index in [4.69, 9.17) is 15.2 Å². The van der Waals surface area contributed by atoms with E-state index in [9.17, 15) is 0 Å². The first-order valence-corrected chi connectivity index (χ1v) is 4.79. The van der Waals surface area contributed by atoms with Crippen molar-refractivity contribution in [2.45, 2.75) is 13.0 Å². The Morgan fingerprint density at radius 3 is 3.00 bits per heavy atom. The van der Waals surface area contributed by atoms with E-state index >= 15 is 0 Å². The summed E-state index contributed by atoms with van der Waals surface area (Å²) in [5.74, 6) is 1.93. The molecule has 1 aliphatic rings. The lowest BCUT2D eigenvalue weighted by molar-refractivity contribution is 0.198. The predicted octanol–water partition coefficient (Wildman–Crippen LogP) is 1.72. The van der Waals surface area contributed by atoms with Gasteiger partial charge in [-0.15, -0.1) is 0 Å². The second kappa shape index (κ2) is 3.50. The van der Waals surface area contributed by atoms with Gasteiger partial charge in [-0.05, 0) is 6.07 Å². The van der Waals surface area contributed by atoms with E-state index in [0.29, 0.717) is 12.5 Å². The normalized spacial score (nSPS) is 25.1. The Kier molecular flexibility index (Phi) is 2.33. The molecule has 0 fully saturated rings. The van der Waals surface area contributed by atoms with Crippen molar-refractivity contribution < 1.29 is 9.47 Å². The van der Waals surface area contributed by atoms with Crippen LogP contribution < -0.4 is 15.2 Å². The first kappa shape index (κ1) is 9.34. The van der Waals surface area contributed by atoms with Gasteiger partial charge in [0.25, 0.3) is 0 Å². The third-order valence-electron chi connectivity index (χ3n) is 2.69. The summed E-state index contributed by atoms with van der Waals surface area (Å²) in [6, 6.07) is 5.88. The Labute approximate surface area is 83.8 Å². The van der Waals surface area contributed by atoms with Gasteiger partial charge in [-0.25, -0.2) is 0 Å². The van der Waals surface area contributed by atoms with Gasteiger partial charge in [0, 0.05) is 17.5 Å². The van der Waals surface area contributed by atoms with Crippen molar-refractivity contribution in [2.75, 3.05) is 13.7 Å². The van der Waals surface area contributed by atoms with Crippen LogP contribution in [0.1, 0.15) is 18.5 Å². The Hall–Kier alpha value is -1.22. The summed E-state index contributed by atoms with van der Waals surface area (Å²) >= 11 is 0. The molecule has 1 aliphatic heterocycles. The van der Waals surface area contributed by atoms with Crippen LogP contribution in [-0.2, 0) is 0 Å². The van der Waals surface area contributed by atoms with E-state index in [-0.39, 0.29) is 6.04 Å². The number of ether oxygens (including phenoxy) is 2. The van der Waals surface area contributed by atoms with Crippen LogP contribution in [0.5, 0.6) is 11.5 Å². The lowest BCUT2D eigenvalue weighted by Crippen LogP contribution is -2.29. The molecular formula is C11H15NO2. The molecule has 1 aromatic rings. The van der Waals surface area contributed by atoms with Crippen LogP contribution >= 0.6 is 0 Å². The van der Waals surface area contributed by atoms with Crippen molar-refractivity contribution in [2.24, 2.45) is 11.7 Å². The first-order valence-electron chi connectivity index (χ1n) is 4.79. The molecule has 3 heteroatoms. The molecule has 0 radical (unpaired) electrons. The van der Waals surface area contributed by atoms with E-state index in [2.05, 4.69) is 6.92 Å². The quantitative estimate of drug-likeness (QED) is 0.738. The van der Waals surface area contributed by atoms with Crippen LogP contribution in [0.3, 0.4) is 0 Å². The van der Waals surface area contributed by atoms with Crippen LogP contribution in [-0.4, -0.2) is 13.7 Å². The fourth-order valence-electron chi connectivity index (χ4n) is 1.74. The molecule has 0 bridgehead atoms. The van der Waals surface area contributed by atoms with Crippen LogP contribution in [0.4, 0.5) is 0 Å². The SMILES string of the molecule is COc1cccc2c1OCC(C)C2N. The first-order chi connectivity index (χ1) is 6.74. The molecule has 14 heavy (non-hydrogen) atoms. The summed E-state index contributed by atoms with van der Waals surface area (Å²) < 4.78 is 10.8. The molecule has 76 valence electrons. The molecule has 2 atom stereocenters. The maximum absolute atomic E-state index is 6.08. The standard InChI is InChI=1S/C11H15NO2/c1-7-6-14-11-8(10(7)12)4-3-5-9(11)13-2/h3-5,7,10H,6,12H2,1-2H3. The van der Waals surface area contributed by atoms with Crippen LogP contribution in [0.25, 0.3) is 0 Å². The van der Waals surface area contributed by atoms with Crippen molar-refractivity contribution in [1.82, 2.24) is 0 Å². The number of hydrogen-bond donors (Lipinski definition) is 1. The highest BCUT2D eigenvalue weighted by atomic mass is 16.5. The number of nitrogens with two attached hydrogens (primary N) is 1. The molecular weight excluding hydrogens is 178 g/mol. The predicted molar refractivity (Wildman–Crippen MR) is 54.6 cm³/mol. The minimum atomic E-state index is 0.0499. The van der Waals surface area contributed by atoms with Gasteiger partial charge in [-0.2, -0.15) is 0 Å². The third-order valence-corrected chi connectivity index (χ3v) is 2.69. The molecule has 3 nitrogen and oxygen atoms in total. The summed E-state index contributed by atoms with van der Waals surface area (Å²) in [6.07, 6.45) is 0. The smallest absolute Gasteiger partial charge is 0.165 e. The van der Waals surface area contributed by atoms with Gasteiger partial charge in [-0.3, -0.25) is 0 Å². The lowest BCUT2D eigenvalue weighted by Gasteiger charge is -2.29. The highest BCUT2D eigenvalue weighted by Crippen LogP contribution is 2.39. The Balaban J connectivity index is 2.47. The zero-order valence-electron chi connectivity index (χ0n) is 8.49. The maximum Gasteiger partial charge on any atom is 0.165 e. The summed E-state index contributed by atoms with van der Waals surface area (Å²) in [4.78, 5) is 0. The van der Waals surface area contributed by atoms with Gasteiger partial charge in [0.05, 0.1) is 13.7 Å². The van der Waals surface area contributed by atoms with E-state index < -0.39 is 0 Å². The second-order valence-corrected chi connectivity index (χ2v) is 3.69. The van der Waals surface area contributed by atoms with Gasteiger partial charge in [0.2, 0.25) is 0 Å². The third kappa shape index (κ3) is 1.34. The van der Waals surface area contributed by atoms with E-state index in [1.54, 1.807) is 7.11 Å². The molecule has 0 spiro atoms.